The van der Waals surface area contributed by atoms with Gasteiger partial charge in [-0.2, -0.15) is 4.36 Å². The van der Waals surface area contributed by atoms with Crippen LogP contribution < -0.4 is 10.1 Å². The molecule has 2 aromatic carbocycles. The summed E-state index contributed by atoms with van der Waals surface area (Å²) in [5.41, 5.74) is 2.85. The van der Waals surface area contributed by atoms with Gasteiger partial charge in [0.15, 0.2) is 6.10 Å². The fraction of sp³-hybridized carbons (Fsp3) is 0.440. The van der Waals surface area contributed by atoms with Gasteiger partial charge in [0.1, 0.15) is 29.8 Å². The Balaban J connectivity index is 1.33. The molecule has 10 heteroatoms. The highest BCUT2D eigenvalue weighted by atomic mass is 32.2. The number of nitrogens with zero attached hydrogens (tertiary/aromatic N) is 3. The van der Waals surface area contributed by atoms with Crippen LogP contribution >= 0.6 is 0 Å². The predicted octanol–water partition coefficient (Wildman–Crippen LogP) is 4.65. The van der Waals surface area contributed by atoms with E-state index in [-0.39, 0.29) is 18.3 Å². The molecule has 0 unspecified atom stereocenters. The van der Waals surface area contributed by atoms with Crippen molar-refractivity contribution in [3.8, 4) is 5.75 Å². The third kappa shape index (κ3) is 4.46. The molecule has 0 aliphatic carbocycles. The molecular formula is C25H27FN4O4S. The molecule has 3 aliphatic rings. The number of benzene rings is 2. The van der Waals surface area contributed by atoms with Crippen LogP contribution in [0.3, 0.4) is 0 Å². The van der Waals surface area contributed by atoms with Gasteiger partial charge in [-0.15, -0.1) is 0 Å². The molecule has 3 aliphatic heterocycles. The monoisotopic (exact) mass is 498 g/mol. The van der Waals surface area contributed by atoms with Crippen molar-refractivity contribution >= 4 is 37.8 Å². The molecule has 0 saturated carbocycles. The molecule has 3 saturated heterocycles. The molecule has 3 atom stereocenters. The Morgan fingerprint density at radius 1 is 1.17 bits per heavy atom. The van der Waals surface area contributed by atoms with Crippen LogP contribution in [-0.4, -0.2) is 57.2 Å². The summed E-state index contributed by atoms with van der Waals surface area (Å²) in [6, 6.07) is 8.12. The van der Waals surface area contributed by atoms with Crippen molar-refractivity contribution in [3.05, 3.63) is 48.0 Å². The quantitative estimate of drug-likeness (QED) is 0.547. The van der Waals surface area contributed by atoms with Crippen LogP contribution in [0, 0.1) is 12.7 Å². The molecule has 3 fully saturated rings. The Morgan fingerprint density at radius 3 is 2.89 bits per heavy atom. The van der Waals surface area contributed by atoms with Crippen LogP contribution in [0.15, 0.2) is 41.0 Å². The number of aryl methyl sites for hydroxylation is 1. The van der Waals surface area contributed by atoms with Gasteiger partial charge in [0.25, 0.3) is 0 Å². The first-order valence-electron chi connectivity index (χ1n) is 11.9. The first-order valence-corrected chi connectivity index (χ1v) is 13.8. The maximum absolute atomic E-state index is 14.2. The van der Waals surface area contributed by atoms with Crippen molar-refractivity contribution in [3.63, 3.8) is 0 Å². The van der Waals surface area contributed by atoms with Crippen LogP contribution in [-0.2, 0) is 19.2 Å². The van der Waals surface area contributed by atoms with Gasteiger partial charge in [0.05, 0.1) is 39.3 Å². The number of halogens is 1. The Morgan fingerprint density at radius 2 is 2.03 bits per heavy atom. The first kappa shape index (κ1) is 22.6. The number of hydrogen-bond donors (Lipinski definition) is 1. The molecule has 0 spiro atoms. The summed E-state index contributed by atoms with van der Waals surface area (Å²) < 4.78 is 49.4. The zero-order valence-corrected chi connectivity index (χ0v) is 20.2. The molecule has 184 valence electrons. The van der Waals surface area contributed by atoms with E-state index < -0.39 is 15.5 Å². The SMILES string of the molecule is Cc1cc(N=S2(=O)CCCC2)cc2ncnc(Nc3ccc(F)cc3O[C@@H]3CO[C@@H]4CCO[C@@H]43)c12. The molecule has 35 heavy (non-hydrogen) atoms. The van der Waals surface area contributed by atoms with Crippen molar-refractivity contribution in [2.75, 3.05) is 30.0 Å². The third-order valence-corrected chi connectivity index (χ3v) is 9.16. The van der Waals surface area contributed by atoms with Crippen LogP contribution in [0.1, 0.15) is 24.8 Å². The summed E-state index contributed by atoms with van der Waals surface area (Å²) in [6.45, 7) is 2.99. The van der Waals surface area contributed by atoms with Gasteiger partial charge in [-0.1, -0.05) is 0 Å². The van der Waals surface area contributed by atoms with Gasteiger partial charge < -0.3 is 19.5 Å². The molecule has 1 N–H and O–H groups in total. The summed E-state index contributed by atoms with van der Waals surface area (Å²) in [6.07, 6.45) is 3.78. The summed E-state index contributed by atoms with van der Waals surface area (Å²) in [5, 5.41) is 4.12. The summed E-state index contributed by atoms with van der Waals surface area (Å²) >= 11 is 0. The number of rotatable bonds is 5. The van der Waals surface area contributed by atoms with Crippen LogP contribution in [0.25, 0.3) is 10.9 Å². The largest absolute Gasteiger partial charge is 0.483 e. The average molecular weight is 499 g/mol. The summed E-state index contributed by atoms with van der Waals surface area (Å²) in [7, 11) is -2.19. The van der Waals surface area contributed by atoms with E-state index in [4.69, 9.17) is 14.2 Å². The predicted molar refractivity (Wildman–Crippen MR) is 132 cm³/mol. The second-order valence-corrected chi connectivity index (χ2v) is 11.8. The smallest absolute Gasteiger partial charge is 0.151 e. The van der Waals surface area contributed by atoms with E-state index in [9.17, 15) is 8.60 Å². The highest BCUT2D eigenvalue weighted by Gasteiger charge is 2.43. The van der Waals surface area contributed by atoms with E-state index in [0.29, 0.717) is 53.2 Å². The van der Waals surface area contributed by atoms with E-state index in [1.807, 2.05) is 19.1 Å². The van der Waals surface area contributed by atoms with Gasteiger partial charge in [-0.25, -0.2) is 18.6 Å². The topological polar surface area (TPSA) is 94.9 Å². The van der Waals surface area contributed by atoms with E-state index >= 15 is 0 Å². The van der Waals surface area contributed by atoms with Gasteiger partial charge in [-0.05, 0) is 56.0 Å². The van der Waals surface area contributed by atoms with Crippen LogP contribution in [0.4, 0.5) is 21.6 Å². The molecule has 0 bridgehead atoms. The van der Waals surface area contributed by atoms with E-state index in [1.165, 1.54) is 18.5 Å². The number of aromatic nitrogens is 2. The third-order valence-electron chi connectivity index (χ3n) is 6.76. The number of fused-ring (bicyclic) bond motifs is 2. The summed E-state index contributed by atoms with van der Waals surface area (Å²) in [4.78, 5) is 8.88. The lowest BCUT2D eigenvalue weighted by molar-refractivity contribution is 0.0310. The number of nitrogens with one attached hydrogen (secondary N) is 1. The second kappa shape index (κ2) is 9.00. The highest BCUT2D eigenvalue weighted by molar-refractivity contribution is 7.93. The lowest BCUT2D eigenvalue weighted by Crippen LogP contribution is -2.32. The Hall–Kier alpha value is -2.82. The molecule has 0 radical (unpaired) electrons. The fourth-order valence-electron chi connectivity index (χ4n) is 5.08. The van der Waals surface area contributed by atoms with E-state index in [1.54, 1.807) is 6.07 Å². The Labute approximate surface area is 203 Å². The van der Waals surface area contributed by atoms with Crippen LogP contribution in [0.5, 0.6) is 5.75 Å². The van der Waals surface area contributed by atoms with Gasteiger partial charge in [0, 0.05) is 29.6 Å². The Bertz CT molecular complexity index is 1400. The molecule has 4 heterocycles. The van der Waals surface area contributed by atoms with Crippen molar-refractivity contribution in [1.29, 1.82) is 0 Å². The molecule has 1 aromatic heterocycles. The van der Waals surface area contributed by atoms with E-state index in [0.717, 1.165) is 30.2 Å². The maximum atomic E-state index is 14.2. The minimum Gasteiger partial charge on any atom is -0.483 e. The lowest BCUT2D eigenvalue weighted by Gasteiger charge is -2.21. The lowest BCUT2D eigenvalue weighted by atomic mass is 10.1. The second-order valence-electron chi connectivity index (χ2n) is 9.28. The van der Waals surface area contributed by atoms with E-state index in [2.05, 4.69) is 19.6 Å². The van der Waals surface area contributed by atoms with Gasteiger partial charge >= 0.3 is 0 Å². The molecular weight excluding hydrogens is 471 g/mol. The minimum atomic E-state index is -2.19. The van der Waals surface area contributed by atoms with Gasteiger partial charge in [-0.3, -0.25) is 0 Å². The number of ether oxygens (including phenoxy) is 3. The van der Waals surface area contributed by atoms with Crippen molar-refractivity contribution in [1.82, 2.24) is 9.97 Å². The first-order chi connectivity index (χ1) is 17.0. The zero-order valence-electron chi connectivity index (χ0n) is 19.4. The standard InChI is InChI=1S/C25H27FN4O4S/c1-15-10-17(30-35(31)8-2-3-9-35)12-19-23(15)25(28-14-27-19)29-18-5-4-16(26)11-21(18)34-22-13-33-20-6-7-32-24(20)22/h4-5,10-12,14,20,22,24H,2-3,6-9,13H2,1H3,(H,27,28,29)/t20-,22-,24+/m1/s1. The molecule has 8 nitrogen and oxygen atoms in total. The number of hydrogen-bond acceptors (Lipinski definition) is 8. The number of anilines is 2. The van der Waals surface area contributed by atoms with Crippen molar-refractivity contribution in [2.24, 2.45) is 4.36 Å². The maximum Gasteiger partial charge on any atom is 0.151 e. The molecule has 3 aromatic rings. The minimum absolute atomic E-state index is 0.0253. The molecule has 6 rings (SSSR count). The van der Waals surface area contributed by atoms with Gasteiger partial charge in [0.2, 0.25) is 0 Å². The zero-order chi connectivity index (χ0) is 24.0. The highest BCUT2D eigenvalue weighted by Crippen LogP contribution is 2.36. The molecule has 0 amide bonds. The van der Waals surface area contributed by atoms with Crippen molar-refractivity contribution in [2.45, 2.75) is 44.5 Å². The van der Waals surface area contributed by atoms with Crippen molar-refractivity contribution < 1.29 is 22.8 Å². The normalized spacial score (nSPS) is 25.0. The van der Waals surface area contributed by atoms with Crippen LogP contribution in [0.2, 0.25) is 0 Å². The fourth-order valence-corrected chi connectivity index (χ4v) is 7.27. The summed E-state index contributed by atoms with van der Waals surface area (Å²) in [5.74, 6) is 1.82. The average Bonchev–Trinajstić information content (AvgIpc) is 3.54. The Kier molecular flexibility index (Phi) is 5.82.